The quantitative estimate of drug-likeness (QED) is 0.739. The van der Waals surface area contributed by atoms with E-state index < -0.39 is 12.1 Å². The van der Waals surface area contributed by atoms with Crippen LogP contribution in [-0.4, -0.2) is 40.8 Å². The maximum absolute atomic E-state index is 11.9. The van der Waals surface area contributed by atoms with E-state index in [0.717, 1.165) is 11.4 Å². The minimum atomic E-state index is -0.947. The molecule has 2 amide bonds. The van der Waals surface area contributed by atoms with E-state index in [-0.39, 0.29) is 18.2 Å². The highest BCUT2D eigenvalue weighted by Gasteiger charge is 2.30. The number of nitrogens with zero attached hydrogens (tertiary/aromatic N) is 1. The van der Waals surface area contributed by atoms with E-state index in [9.17, 15) is 9.59 Å². The SMILES string of the molecule is CCC(NC(=O)NCC1CCC(C(=O)O)O1)c1nccs1. The highest BCUT2D eigenvalue weighted by Crippen LogP contribution is 2.20. The lowest BCUT2D eigenvalue weighted by atomic mass is 10.2. The predicted octanol–water partition coefficient (Wildman–Crippen LogP) is 1.53. The number of urea groups is 1. The van der Waals surface area contributed by atoms with Gasteiger partial charge in [-0.05, 0) is 19.3 Å². The van der Waals surface area contributed by atoms with E-state index in [1.54, 1.807) is 6.20 Å². The topological polar surface area (TPSA) is 101 Å². The minimum Gasteiger partial charge on any atom is -0.479 e. The fourth-order valence-corrected chi connectivity index (χ4v) is 2.97. The van der Waals surface area contributed by atoms with Gasteiger partial charge in [0.05, 0.1) is 12.1 Å². The van der Waals surface area contributed by atoms with Crippen molar-refractivity contribution in [3.05, 3.63) is 16.6 Å². The van der Waals surface area contributed by atoms with Gasteiger partial charge in [-0.1, -0.05) is 6.92 Å². The maximum Gasteiger partial charge on any atom is 0.332 e. The lowest BCUT2D eigenvalue weighted by Crippen LogP contribution is -2.41. The molecule has 116 valence electrons. The van der Waals surface area contributed by atoms with Crippen LogP contribution in [0, 0.1) is 0 Å². The average Bonchev–Trinajstić information content (AvgIpc) is 3.13. The van der Waals surface area contributed by atoms with Gasteiger partial charge in [-0.2, -0.15) is 0 Å². The molecule has 1 aliphatic heterocycles. The number of hydrogen-bond acceptors (Lipinski definition) is 5. The summed E-state index contributed by atoms with van der Waals surface area (Å²) in [6.45, 7) is 2.29. The van der Waals surface area contributed by atoms with E-state index in [1.165, 1.54) is 11.3 Å². The van der Waals surface area contributed by atoms with Crippen molar-refractivity contribution in [1.82, 2.24) is 15.6 Å². The summed E-state index contributed by atoms with van der Waals surface area (Å²) in [7, 11) is 0. The van der Waals surface area contributed by atoms with Gasteiger partial charge in [0.15, 0.2) is 6.10 Å². The molecule has 1 aromatic heterocycles. The Kier molecular flexibility index (Phi) is 5.51. The van der Waals surface area contributed by atoms with Crippen LogP contribution in [0.5, 0.6) is 0 Å². The Morgan fingerprint density at radius 1 is 1.57 bits per heavy atom. The molecule has 8 heteroatoms. The molecule has 3 atom stereocenters. The second-order valence-corrected chi connectivity index (χ2v) is 5.77. The average molecular weight is 313 g/mol. The van der Waals surface area contributed by atoms with Crippen molar-refractivity contribution in [2.75, 3.05) is 6.54 Å². The molecule has 0 bridgehead atoms. The molecule has 1 aromatic rings. The molecule has 0 aliphatic carbocycles. The van der Waals surface area contributed by atoms with Crippen molar-refractivity contribution < 1.29 is 19.4 Å². The number of amides is 2. The molecule has 1 aliphatic rings. The first-order valence-corrected chi connectivity index (χ1v) is 7.80. The molecule has 3 N–H and O–H groups in total. The maximum atomic E-state index is 11.9. The van der Waals surface area contributed by atoms with Gasteiger partial charge in [-0.25, -0.2) is 14.6 Å². The van der Waals surface area contributed by atoms with Crippen LogP contribution >= 0.6 is 11.3 Å². The number of hydrogen-bond donors (Lipinski definition) is 3. The van der Waals surface area contributed by atoms with Crippen molar-refractivity contribution in [1.29, 1.82) is 0 Å². The zero-order valence-corrected chi connectivity index (χ0v) is 12.6. The smallest absolute Gasteiger partial charge is 0.332 e. The number of carbonyl (C=O) groups is 2. The number of nitrogens with one attached hydrogen (secondary N) is 2. The zero-order valence-electron chi connectivity index (χ0n) is 11.7. The molecule has 1 saturated heterocycles. The van der Waals surface area contributed by atoms with Crippen molar-refractivity contribution in [2.45, 2.75) is 44.4 Å². The Balaban J connectivity index is 1.74. The summed E-state index contributed by atoms with van der Waals surface area (Å²) in [6.07, 6.45) is 2.60. The fourth-order valence-electron chi connectivity index (χ4n) is 2.20. The molecular formula is C13H19N3O4S. The number of rotatable bonds is 6. The first-order chi connectivity index (χ1) is 10.1. The summed E-state index contributed by atoms with van der Waals surface area (Å²) in [6, 6.07) is -0.402. The summed E-state index contributed by atoms with van der Waals surface area (Å²) in [5.41, 5.74) is 0. The van der Waals surface area contributed by atoms with Gasteiger partial charge in [0.1, 0.15) is 5.01 Å². The fraction of sp³-hybridized carbons (Fsp3) is 0.615. The normalized spacial score (nSPS) is 22.7. The number of carbonyl (C=O) groups excluding carboxylic acids is 1. The van der Waals surface area contributed by atoms with Crippen LogP contribution in [0.2, 0.25) is 0 Å². The second kappa shape index (κ2) is 7.37. The van der Waals surface area contributed by atoms with Gasteiger partial charge in [0.2, 0.25) is 0 Å². The largest absolute Gasteiger partial charge is 0.479 e. The Labute approximate surface area is 126 Å². The molecule has 3 unspecified atom stereocenters. The van der Waals surface area contributed by atoms with Crippen molar-refractivity contribution >= 4 is 23.3 Å². The first-order valence-electron chi connectivity index (χ1n) is 6.92. The van der Waals surface area contributed by atoms with Crippen molar-refractivity contribution in [3.63, 3.8) is 0 Å². The lowest BCUT2D eigenvalue weighted by molar-refractivity contribution is -0.149. The molecule has 0 aromatic carbocycles. The van der Waals surface area contributed by atoms with Gasteiger partial charge < -0.3 is 20.5 Å². The predicted molar refractivity (Wildman–Crippen MR) is 77.2 cm³/mol. The zero-order chi connectivity index (χ0) is 15.2. The van der Waals surface area contributed by atoms with E-state index in [4.69, 9.17) is 9.84 Å². The summed E-state index contributed by atoms with van der Waals surface area (Å²) in [5, 5.41) is 17.1. The van der Waals surface area contributed by atoms with Gasteiger partial charge in [0.25, 0.3) is 0 Å². The molecule has 0 spiro atoms. The van der Waals surface area contributed by atoms with Crippen LogP contribution in [0.25, 0.3) is 0 Å². The molecular weight excluding hydrogens is 294 g/mol. The van der Waals surface area contributed by atoms with Crippen molar-refractivity contribution in [2.24, 2.45) is 0 Å². The number of carboxylic acids is 1. The highest BCUT2D eigenvalue weighted by atomic mass is 32.1. The Bertz CT molecular complexity index is 480. The van der Waals surface area contributed by atoms with Crippen molar-refractivity contribution in [3.8, 4) is 0 Å². The molecule has 0 saturated carbocycles. The van der Waals surface area contributed by atoms with Gasteiger partial charge in [0, 0.05) is 18.1 Å². The Morgan fingerprint density at radius 2 is 2.38 bits per heavy atom. The third-order valence-electron chi connectivity index (χ3n) is 3.34. The van der Waals surface area contributed by atoms with Crippen LogP contribution in [0.4, 0.5) is 4.79 Å². The Hall–Kier alpha value is -1.67. The summed E-state index contributed by atoms with van der Waals surface area (Å²) >= 11 is 1.50. The van der Waals surface area contributed by atoms with E-state index in [2.05, 4.69) is 15.6 Å². The van der Waals surface area contributed by atoms with Crippen LogP contribution in [0.15, 0.2) is 11.6 Å². The molecule has 2 heterocycles. The number of carboxylic acid groups (broad SMARTS) is 1. The highest BCUT2D eigenvalue weighted by molar-refractivity contribution is 7.09. The Morgan fingerprint density at radius 3 is 2.95 bits per heavy atom. The molecule has 7 nitrogen and oxygen atoms in total. The minimum absolute atomic E-state index is 0.110. The third kappa shape index (κ3) is 4.40. The summed E-state index contributed by atoms with van der Waals surface area (Å²) in [5.74, 6) is -0.947. The number of thiazole rings is 1. The van der Waals surface area contributed by atoms with E-state index >= 15 is 0 Å². The monoisotopic (exact) mass is 313 g/mol. The van der Waals surface area contributed by atoms with Crippen LogP contribution in [0.3, 0.4) is 0 Å². The molecule has 1 fully saturated rings. The van der Waals surface area contributed by atoms with Gasteiger partial charge >= 0.3 is 12.0 Å². The van der Waals surface area contributed by atoms with E-state index in [1.807, 2.05) is 12.3 Å². The third-order valence-corrected chi connectivity index (χ3v) is 4.23. The summed E-state index contributed by atoms with van der Waals surface area (Å²) in [4.78, 5) is 26.8. The van der Waals surface area contributed by atoms with E-state index in [0.29, 0.717) is 19.4 Å². The standard InChI is InChI=1S/C13H19N3O4S/c1-2-9(11-14-5-6-21-11)16-13(19)15-7-8-3-4-10(20-8)12(17)18/h5-6,8-10H,2-4,7H2,1H3,(H,17,18)(H2,15,16,19). The van der Waals surface area contributed by atoms with Crippen LogP contribution < -0.4 is 10.6 Å². The number of aromatic nitrogens is 1. The second-order valence-electron chi connectivity index (χ2n) is 4.85. The molecule has 21 heavy (non-hydrogen) atoms. The van der Waals surface area contributed by atoms with Gasteiger partial charge in [-0.3, -0.25) is 0 Å². The summed E-state index contributed by atoms with van der Waals surface area (Å²) < 4.78 is 5.32. The number of aliphatic carboxylic acids is 1. The lowest BCUT2D eigenvalue weighted by Gasteiger charge is -2.17. The van der Waals surface area contributed by atoms with Gasteiger partial charge in [-0.15, -0.1) is 11.3 Å². The van der Waals surface area contributed by atoms with Crippen LogP contribution in [0.1, 0.15) is 37.2 Å². The molecule has 0 radical (unpaired) electrons. The molecule has 2 rings (SSSR count). The van der Waals surface area contributed by atoms with Crippen LogP contribution in [-0.2, 0) is 9.53 Å². The first kappa shape index (κ1) is 15.7. The number of ether oxygens (including phenoxy) is 1.